The van der Waals surface area contributed by atoms with Crippen molar-refractivity contribution in [2.45, 2.75) is 152 Å². The predicted octanol–water partition coefficient (Wildman–Crippen LogP) is 14.8. The molecule has 272 valence electrons. The number of hydrogen-bond donors (Lipinski definition) is 0. The normalized spacial score (nSPS) is 26.9. The van der Waals surface area contributed by atoms with Gasteiger partial charge in [0, 0.05) is 23.7 Å². The second kappa shape index (κ2) is 16.1. The highest BCUT2D eigenvalue weighted by Crippen LogP contribution is 2.49. The molecule has 4 aromatic rings. The van der Waals surface area contributed by atoms with Gasteiger partial charge >= 0.3 is 0 Å². The first-order valence-corrected chi connectivity index (χ1v) is 22.2. The molecule has 0 N–H and O–H groups in total. The van der Waals surface area contributed by atoms with Crippen molar-refractivity contribution in [3.05, 3.63) is 142 Å². The number of rotatable bonds is 4. The van der Waals surface area contributed by atoms with Crippen LogP contribution in [0, 0.1) is 23.7 Å². The standard InChI is InChI=1S/C52H64/c1-5-17-37(18-6-1)49-41-25-13-27-43(33-41)50(38-19-7-2-8-20-38)45-29-15-31-47(35-45)52(40-23-11-4-12-24-40)48-32-16-30-46(36-48)51(39-21-9-3-10-22-39)44-28-14-26-42(49)34-44/h13-16,25-40,49-52H,1-12,17-24H2. The van der Waals surface area contributed by atoms with E-state index in [2.05, 4.69) is 97.1 Å². The first-order valence-electron chi connectivity index (χ1n) is 22.2. The maximum absolute atomic E-state index is 2.73. The van der Waals surface area contributed by atoms with Crippen molar-refractivity contribution < 1.29 is 0 Å². The first kappa shape index (κ1) is 34.6. The largest absolute Gasteiger partial charge is 0.0617 e. The van der Waals surface area contributed by atoms with E-state index in [9.17, 15) is 0 Å². The Balaban J connectivity index is 1.27. The third kappa shape index (κ3) is 7.22. The Labute approximate surface area is 316 Å². The summed E-state index contributed by atoms with van der Waals surface area (Å²) in [6.45, 7) is 0. The molecular formula is C52H64. The lowest BCUT2D eigenvalue weighted by atomic mass is 9.68. The van der Waals surface area contributed by atoms with Gasteiger partial charge in [-0.2, -0.15) is 0 Å². The lowest BCUT2D eigenvalue weighted by Gasteiger charge is -2.36. The molecule has 8 bridgehead atoms. The summed E-state index contributed by atoms with van der Waals surface area (Å²) in [5.74, 6) is 4.79. The quantitative estimate of drug-likeness (QED) is 0.200. The van der Waals surface area contributed by atoms with E-state index < -0.39 is 0 Å². The van der Waals surface area contributed by atoms with Crippen LogP contribution in [0.2, 0.25) is 0 Å². The Kier molecular flexibility index (Phi) is 10.7. The van der Waals surface area contributed by atoms with Gasteiger partial charge in [0.2, 0.25) is 0 Å². The zero-order valence-electron chi connectivity index (χ0n) is 32.0. The lowest BCUT2D eigenvalue weighted by molar-refractivity contribution is 0.319. The summed E-state index contributed by atoms with van der Waals surface area (Å²) in [5.41, 5.74) is 12.7. The van der Waals surface area contributed by atoms with Crippen LogP contribution >= 0.6 is 0 Å². The Morgan fingerprint density at radius 2 is 0.404 bits per heavy atom. The molecule has 0 saturated heterocycles. The topological polar surface area (TPSA) is 0 Å². The molecule has 0 amide bonds. The van der Waals surface area contributed by atoms with Crippen molar-refractivity contribution in [1.29, 1.82) is 0 Å². The Hall–Kier alpha value is -3.12. The maximum Gasteiger partial charge on any atom is 0.0118 e. The lowest BCUT2D eigenvalue weighted by Crippen LogP contribution is -2.22. The molecular weight excluding hydrogens is 625 g/mol. The van der Waals surface area contributed by atoms with Crippen LogP contribution in [0.1, 0.15) is 197 Å². The molecule has 0 aliphatic heterocycles. The van der Waals surface area contributed by atoms with Crippen molar-refractivity contribution in [2.75, 3.05) is 0 Å². The predicted molar refractivity (Wildman–Crippen MR) is 219 cm³/mol. The van der Waals surface area contributed by atoms with Gasteiger partial charge in [-0.1, -0.05) is 174 Å². The SMILES string of the molecule is c1cc2cc(c1)C(C1CCCCC1)c1cccc(c1)C(C1CCCCC1)c1cccc(c1)C(C1CCCCC1)c1cccc(c1)C2C1CCCCC1. The van der Waals surface area contributed by atoms with Crippen LogP contribution in [0.25, 0.3) is 0 Å². The maximum atomic E-state index is 2.73. The highest BCUT2D eigenvalue weighted by molar-refractivity contribution is 5.47. The number of benzene rings is 4. The van der Waals surface area contributed by atoms with Crippen LogP contribution in [0.3, 0.4) is 0 Å². The van der Waals surface area contributed by atoms with Crippen molar-refractivity contribution in [1.82, 2.24) is 0 Å². The van der Waals surface area contributed by atoms with Gasteiger partial charge in [0.25, 0.3) is 0 Å². The molecule has 0 atom stereocenters. The fourth-order valence-electron chi connectivity index (χ4n) is 12.6. The van der Waals surface area contributed by atoms with Crippen LogP contribution in [0.4, 0.5) is 0 Å². The molecule has 0 nitrogen and oxygen atoms in total. The number of hydrogen-bond acceptors (Lipinski definition) is 0. The van der Waals surface area contributed by atoms with Crippen molar-refractivity contribution >= 4 is 0 Å². The van der Waals surface area contributed by atoms with Gasteiger partial charge in [0.15, 0.2) is 0 Å². The molecule has 0 heteroatoms. The molecule has 4 aromatic carbocycles. The molecule has 5 aliphatic carbocycles. The van der Waals surface area contributed by atoms with Crippen LogP contribution in [0.15, 0.2) is 97.1 Å². The number of fused-ring (bicyclic) bond motifs is 8. The minimum atomic E-state index is 0.473. The van der Waals surface area contributed by atoms with E-state index in [1.165, 1.54) is 128 Å². The summed E-state index contributed by atoms with van der Waals surface area (Å²) in [4.78, 5) is 0. The summed E-state index contributed by atoms with van der Waals surface area (Å²) in [6, 6.07) is 40.9. The minimum Gasteiger partial charge on any atom is -0.0617 e. The van der Waals surface area contributed by atoms with Gasteiger partial charge in [-0.05, 0) is 120 Å². The first-order chi connectivity index (χ1) is 25.8. The fourth-order valence-corrected chi connectivity index (χ4v) is 12.6. The fraction of sp³-hybridized carbons (Fsp3) is 0.538. The second-order valence-corrected chi connectivity index (χ2v) is 18.2. The average Bonchev–Trinajstić information content (AvgIpc) is 3.21. The van der Waals surface area contributed by atoms with Gasteiger partial charge in [-0.25, -0.2) is 0 Å². The summed E-state index contributed by atoms with van der Waals surface area (Å²) in [7, 11) is 0. The van der Waals surface area contributed by atoms with E-state index in [1.807, 2.05) is 0 Å². The van der Waals surface area contributed by atoms with Gasteiger partial charge in [-0.15, -0.1) is 0 Å². The molecule has 0 spiro atoms. The van der Waals surface area contributed by atoms with E-state index in [1.54, 1.807) is 44.5 Å². The van der Waals surface area contributed by atoms with Crippen molar-refractivity contribution in [3.8, 4) is 0 Å². The average molecular weight is 689 g/mol. The zero-order chi connectivity index (χ0) is 34.7. The van der Waals surface area contributed by atoms with Crippen LogP contribution in [0.5, 0.6) is 0 Å². The van der Waals surface area contributed by atoms with Crippen molar-refractivity contribution in [2.24, 2.45) is 23.7 Å². The van der Waals surface area contributed by atoms with E-state index in [4.69, 9.17) is 0 Å². The highest BCUT2D eigenvalue weighted by atomic mass is 14.4. The minimum absolute atomic E-state index is 0.473. The third-order valence-electron chi connectivity index (χ3n) is 15.0. The summed E-state index contributed by atoms with van der Waals surface area (Å²) >= 11 is 0. The molecule has 5 aliphatic rings. The molecule has 0 radical (unpaired) electrons. The zero-order valence-corrected chi connectivity index (χ0v) is 32.0. The van der Waals surface area contributed by atoms with Gasteiger partial charge in [0.1, 0.15) is 0 Å². The van der Waals surface area contributed by atoms with Crippen LogP contribution in [-0.4, -0.2) is 0 Å². The summed E-state index contributed by atoms with van der Waals surface area (Å²) in [5, 5.41) is 0. The smallest absolute Gasteiger partial charge is 0.0118 e. The molecule has 0 aromatic heterocycles. The Bertz CT molecular complexity index is 1420. The van der Waals surface area contributed by atoms with E-state index in [-0.39, 0.29) is 0 Å². The monoisotopic (exact) mass is 689 g/mol. The van der Waals surface area contributed by atoms with Gasteiger partial charge in [-0.3, -0.25) is 0 Å². The van der Waals surface area contributed by atoms with E-state index in [0.717, 1.165) is 23.7 Å². The molecule has 9 rings (SSSR count). The van der Waals surface area contributed by atoms with Gasteiger partial charge < -0.3 is 0 Å². The molecule has 52 heavy (non-hydrogen) atoms. The Morgan fingerprint density at radius 1 is 0.231 bits per heavy atom. The second-order valence-electron chi connectivity index (χ2n) is 18.2. The van der Waals surface area contributed by atoms with Crippen LogP contribution < -0.4 is 0 Å². The Morgan fingerprint density at radius 3 is 0.577 bits per heavy atom. The highest BCUT2D eigenvalue weighted by Gasteiger charge is 2.34. The molecule has 0 unspecified atom stereocenters. The molecule has 0 heterocycles. The van der Waals surface area contributed by atoms with E-state index in [0.29, 0.717) is 23.7 Å². The summed E-state index contributed by atoms with van der Waals surface area (Å²) in [6.07, 6.45) is 27.6. The van der Waals surface area contributed by atoms with Crippen LogP contribution in [-0.2, 0) is 0 Å². The molecule has 4 saturated carbocycles. The van der Waals surface area contributed by atoms with Gasteiger partial charge in [0.05, 0.1) is 0 Å². The molecule has 4 fully saturated rings. The summed E-state index contributed by atoms with van der Waals surface area (Å²) < 4.78 is 0. The third-order valence-corrected chi connectivity index (χ3v) is 15.0. The van der Waals surface area contributed by atoms with Crippen molar-refractivity contribution in [3.63, 3.8) is 0 Å². The van der Waals surface area contributed by atoms with E-state index >= 15 is 0 Å².